The zero-order valence-electron chi connectivity index (χ0n) is 16.2. The Hall–Kier alpha value is -1.99. The van der Waals surface area contributed by atoms with Gasteiger partial charge in [0.1, 0.15) is 11.6 Å². The van der Waals surface area contributed by atoms with Crippen LogP contribution in [0.5, 0.6) is 5.75 Å². The Labute approximate surface area is 180 Å². The lowest BCUT2D eigenvalue weighted by atomic mass is 9.99. The van der Waals surface area contributed by atoms with Crippen LogP contribution in [0.4, 0.5) is 0 Å². The number of aryl methyl sites for hydroxylation is 1. The molecule has 0 N–H and O–H groups in total. The van der Waals surface area contributed by atoms with Crippen LogP contribution in [0.3, 0.4) is 0 Å². The Morgan fingerprint density at radius 1 is 1.14 bits per heavy atom. The Morgan fingerprint density at radius 2 is 1.82 bits per heavy atom. The number of fused-ring (bicyclic) bond motifs is 1. The van der Waals surface area contributed by atoms with Gasteiger partial charge in [-0.3, -0.25) is 4.79 Å². The number of benzene rings is 2. The van der Waals surface area contributed by atoms with E-state index in [1.165, 1.54) is 4.68 Å². The maximum atomic E-state index is 12.9. The highest BCUT2D eigenvalue weighted by Gasteiger charge is 2.13. The number of aromatic nitrogens is 2. The smallest absolute Gasteiger partial charge is 0.282 e. The molecule has 0 aliphatic heterocycles. The molecular weight excluding hydrogens is 486 g/mol. The van der Waals surface area contributed by atoms with E-state index < -0.39 is 0 Å². The molecule has 0 saturated heterocycles. The largest absolute Gasteiger partial charge is 0.492 e. The van der Waals surface area contributed by atoms with Crippen molar-refractivity contribution in [2.45, 2.75) is 27.7 Å². The van der Waals surface area contributed by atoms with E-state index >= 15 is 0 Å². The van der Waals surface area contributed by atoms with E-state index in [0.717, 1.165) is 14.5 Å². The van der Waals surface area contributed by atoms with Gasteiger partial charge in [0.2, 0.25) is 0 Å². The average molecular weight is 507 g/mol. The third kappa shape index (κ3) is 4.89. The first-order valence-electron chi connectivity index (χ1n) is 8.80. The van der Waals surface area contributed by atoms with Crippen LogP contribution in [-0.2, 0) is 0 Å². The molecule has 0 fully saturated rings. The van der Waals surface area contributed by atoms with Gasteiger partial charge in [0.15, 0.2) is 0 Å². The van der Waals surface area contributed by atoms with E-state index in [9.17, 15) is 4.79 Å². The van der Waals surface area contributed by atoms with Gasteiger partial charge in [0.05, 0.1) is 23.7 Å². The summed E-state index contributed by atoms with van der Waals surface area (Å²) in [5, 5.41) is 4.91. The molecule has 0 aliphatic rings. The Morgan fingerprint density at radius 3 is 2.54 bits per heavy atom. The van der Waals surface area contributed by atoms with Gasteiger partial charge in [0.25, 0.3) is 5.56 Å². The summed E-state index contributed by atoms with van der Waals surface area (Å²) < 4.78 is 9.01. The highest BCUT2D eigenvalue weighted by atomic mass is 79.9. The lowest BCUT2D eigenvalue weighted by molar-refractivity contribution is 0.197. The van der Waals surface area contributed by atoms with E-state index in [2.05, 4.69) is 62.7 Å². The van der Waals surface area contributed by atoms with Crippen LogP contribution in [0, 0.1) is 12.3 Å². The molecule has 0 aliphatic carbocycles. The van der Waals surface area contributed by atoms with Crippen molar-refractivity contribution in [2.75, 3.05) is 6.61 Å². The van der Waals surface area contributed by atoms with Gasteiger partial charge in [-0.15, -0.1) is 0 Å². The molecule has 3 rings (SSSR count). The lowest BCUT2D eigenvalue weighted by Gasteiger charge is -2.19. The monoisotopic (exact) mass is 505 g/mol. The van der Waals surface area contributed by atoms with Crippen LogP contribution in [0.2, 0.25) is 0 Å². The summed E-state index contributed by atoms with van der Waals surface area (Å²) in [6.07, 6.45) is 1.63. The molecule has 146 valence electrons. The fourth-order valence-electron chi connectivity index (χ4n) is 2.56. The van der Waals surface area contributed by atoms with Crippen LogP contribution in [0.25, 0.3) is 10.9 Å². The number of halogens is 2. The number of ether oxygens (including phenoxy) is 1. The second kappa shape index (κ2) is 8.17. The zero-order valence-corrected chi connectivity index (χ0v) is 19.3. The maximum Gasteiger partial charge on any atom is 0.282 e. The molecule has 0 atom stereocenters. The van der Waals surface area contributed by atoms with Gasteiger partial charge >= 0.3 is 0 Å². The van der Waals surface area contributed by atoms with Crippen molar-refractivity contribution in [1.82, 2.24) is 9.66 Å². The molecule has 0 saturated carbocycles. The van der Waals surface area contributed by atoms with Crippen molar-refractivity contribution in [3.05, 3.63) is 67.1 Å². The van der Waals surface area contributed by atoms with Crippen LogP contribution < -0.4 is 10.3 Å². The number of rotatable bonds is 4. The molecule has 0 bridgehead atoms. The van der Waals surface area contributed by atoms with Gasteiger partial charge in [-0.1, -0.05) is 52.6 Å². The minimum atomic E-state index is -0.216. The molecule has 5 nitrogen and oxygen atoms in total. The topological polar surface area (TPSA) is 56.5 Å². The lowest BCUT2D eigenvalue weighted by Crippen LogP contribution is -2.21. The number of hydrogen-bond acceptors (Lipinski definition) is 4. The Bertz CT molecular complexity index is 1120. The van der Waals surface area contributed by atoms with Gasteiger partial charge in [0, 0.05) is 14.5 Å². The first-order chi connectivity index (χ1) is 13.1. The van der Waals surface area contributed by atoms with Crippen LogP contribution in [-0.4, -0.2) is 22.5 Å². The summed E-state index contributed by atoms with van der Waals surface area (Å²) in [5.41, 5.74) is 1.24. The SMILES string of the molecule is Cc1nc2ccc(Br)cc2c(=O)n1N=Cc1cc(Br)ccc1OCC(C)(C)C. The van der Waals surface area contributed by atoms with Crippen molar-refractivity contribution < 1.29 is 4.74 Å². The second-order valence-electron chi connectivity index (χ2n) is 7.71. The molecule has 1 heterocycles. The van der Waals surface area contributed by atoms with E-state index in [0.29, 0.717) is 29.1 Å². The van der Waals surface area contributed by atoms with Gasteiger partial charge < -0.3 is 4.74 Å². The summed E-state index contributed by atoms with van der Waals surface area (Å²) in [6.45, 7) is 8.67. The quantitative estimate of drug-likeness (QED) is 0.436. The second-order valence-corrected chi connectivity index (χ2v) is 9.54. The van der Waals surface area contributed by atoms with Crippen molar-refractivity contribution >= 4 is 49.0 Å². The fourth-order valence-corrected chi connectivity index (χ4v) is 3.30. The Balaban J connectivity index is 2.02. The van der Waals surface area contributed by atoms with Crippen LogP contribution in [0.15, 0.2) is 55.2 Å². The highest BCUT2D eigenvalue weighted by Crippen LogP contribution is 2.24. The van der Waals surface area contributed by atoms with Gasteiger partial charge in [-0.2, -0.15) is 9.78 Å². The molecule has 0 amide bonds. The van der Waals surface area contributed by atoms with E-state index in [4.69, 9.17) is 4.74 Å². The molecule has 2 aromatic carbocycles. The fraction of sp³-hybridized carbons (Fsp3) is 0.286. The van der Waals surface area contributed by atoms with Crippen LogP contribution >= 0.6 is 31.9 Å². The summed E-state index contributed by atoms with van der Waals surface area (Å²) in [5.74, 6) is 1.23. The van der Waals surface area contributed by atoms with Crippen molar-refractivity contribution in [3.8, 4) is 5.75 Å². The average Bonchev–Trinajstić information content (AvgIpc) is 2.61. The van der Waals surface area contributed by atoms with Gasteiger partial charge in [-0.05, 0) is 48.7 Å². The molecule has 28 heavy (non-hydrogen) atoms. The molecule has 0 spiro atoms. The summed E-state index contributed by atoms with van der Waals surface area (Å²) in [6, 6.07) is 11.2. The number of hydrogen-bond donors (Lipinski definition) is 0. The molecule has 1 aromatic heterocycles. The van der Waals surface area contributed by atoms with Crippen LogP contribution in [0.1, 0.15) is 32.2 Å². The third-order valence-electron chi connectivity index (χ3n) is 3.91. The molecule has 7 heteroatoms. The summed E-state index contributed by atoms with van der Waals surface area (Å²) in [7, 11) is 0. The minimum absolute atomic E-state index is 0.0324. The highest BCUT2D eigenvalue weighted by molar-refractivity contribution is 9.10. The summed E-state index contributed by atoms with van der Waals surface area (Å²) in [4.78, 5) is 17.4. The van der Waals surface area contributed by atoms with E-state index in [-0.39, 0.29) is 11.0 Å². The van der Waals surface area contributed by atoms with Crippen molar-refractivity contribution in [2.24, 2.45) is 10.5 Å². The van der Waals surface area contributed by atoms with Crippen molar-refractivity contribution in [3.63, 3.8) is 0 Å². The van der Waals surface area contributed by atoms with Gasteiger partial charge in [-0.25, -0.2) is 4.98 Å². The summed E-state index contributed by atoms with van der Waals surface area (Å²) >= 11 is 6.88. The molecule has 3 aromatic rings. The number of nitrogens with zero attached hydrogens (tertiary/aromatic N) is 3. The normalized spacial score (nSPS) is 12.1. The van der Waals surface area contributed by atoms with E-state index in [1.54, 1.807) is 19.2 Å². The molecule has 0 unspecified atom stereocenters. The standard InChI is InChI=1S/C21H21Br2N3O2/c1-13-25-18-7-5-16(23)10-17(18)20(27)26(13)24-11-14-9-15(22)6-8-19(14)28-12-21(2,3)4/h5-11H,12H2,1-4H3. The van der Waals surface area contributed by atoms with E-state index in [1.807, 2.05) is 30.3 Å². The minimum Gasteiger partial charge on any atom is -0.492 e. The zero-order chi connectivity index (χ0) is 20.5. The molecule has 0 radical (unpaired) electrons. The third-order valence-corrected chi connectivity index (χ3v) is 4.90. The first-order valence-corrected chi connectivity index (χ1v) is 10.4. The first kappa shape index (κ1) is 20.7. The van der Waals surface area contributed by atoms with Crippen molar-refractivity contribution in [1.29, 1.82) is 0 Å². The predicted molar refractivity (Wildman–Crippen MR) is 121 cm³/mol. The molecular formula is C21H21Br2N3O2. The predicted octanol–water partition coefficient (Wildman–Crippen LogP) is 5.54. The Kier molecular flexibility index (Phi) is 6.05. The maximum absolute atomic E-state index is 12.9.